The minimum absolute atomic E-state index is 0.103. The van der Waals surface area contributed by atoms with Gasteiger partial charge in [0.05, 0.1) is 4.83 Å². The number of ketones is 1. The summed E-state index contributed by atoms with van der Waals surface area (Å²) in [4.78, 5) is 11.7. The zero-order valence-electron chi connectivity index (χ0n) is 8.80. The number of benzene rings is 1. The molecule has 0 heterocycles. The van der Waals surface area contributed by atoms with Gasteiger partial charge in [-0.05, 0) is 31.4 Å². The number of carbonyl (C=O) groups excluding carboxylic acids is 1. The second-order valence-corrected chi connectivity index (χ2v) is 4.80. The molecule has 76 valence electrons. The van der Waals surface area contributed by atoms with Crippen LogP contribution in [-0.2, 0) is 6.42 Å². The first-order chi connectivity index (χ1) is 6.57. The minimum Gasteiger partial charge on any atom is -0.293 e. The van der Waals surface area contributed by atoms with E-state index in [1.807, 2.05) is 26.0 Å². The summed E-state index contributed by atoms with van der Waals surface area (Å²) in [6.07, 6.45) is 0.976. The lowest BCUT2D eigenvalue weighted by atomic mass is 9.97. The van der Waals surface area contributed by atoms with Gasteiger partial charge >= 0.3 is 0 Å². The highest BCUT2D eigenvalue weighted by molar-refractivity contribution is 9.10. The predicted molar refractivity (Wildman–Crippen MR) is 63.3 cm³/mol. The summed E-state index contributed by atoms with van der Waals surface area (Å²) in [7, 11) is 0. The molecular formula is C12H15BrO. The number of hydrogen-bond donors (Lipinski definition) is 0. The third-order valence-corrected chi connectivity index (χ3v) is 2.87. The van der Waals surface area contributed by atoms with E-state index in [1.165, 1.54) is 5.56 Å². The highest BCUT2D eigenvalue weighted by Crippen LogP contribution is 2.18. The van der Waals surface area contributed by atoms with E-state index in [-0.39, 0.29) is 10.6 Å². The van der Waals surface area contributed by atoms with E-state index in [1.54, 1.807) is 0 Å². The fraction of sp³-hybridized carbons (Fsp3) is 0.417. The van der Waals surface area contributed by atoms with Gasteiger partial charge in [-0.15, -0.1) is 0 Å². The number of carbonyl (C=O) groups is 1. The van der Waals surface area contributed by atoms with Crippen molar-refractivity contribution in [2.75, 3.05) is 0 Å². The molecule has 0 aliphatic carbocycles. The van der Waals surface area contributed by atoms with E-state index in [0.717, 1.165) is 17.5 Å². The van der Waals surface area contributed by atoms with Crippen molar-refractivity contribution in [1.29, 1.82) is 0 Å². The Hall–Kier alpha value is -0.630. The number of alkyl halides is 1. The summed E-state index contributed by atoms with van der Waals surface area (Å²) in [5, 5.41) is 0. The molecule has 1 rings (SSSR count). The van der Waals surface area contributed by atoms with Crippen LogP contribution in [0.25, 0.3) is 0 Å². The second-order valence-electron chi connectivity index (χ2n) is 3.42. The van der Waals surface area contributed by atoms with Crippen molar-refractivity contribution < 1.29 is 4.79 Å². The molecule has 1 nitrogen and oxygen atoms in total. The van der Waals surface area contributed by atoms with E-state index in [9.17, 15) is 4.79 Å². The van der Waals surface area contributed by atoms with Crippen LogP contribution < -0.4 is 0 Å². The van der Waals surface area contributed by atoms with Gasteiger partial charge in [0.1, 0.15) is 0 Å². The van der Waals surface area contributed by atoms with Gasteiger partial charge in [0.15, 0.2) is 5.78 Å². The van der Waals surface area contributed by atoms with Crippen molar-refractivity contribution in [3.63, 3.8) is 0 Å². The van der Waals surface area contributed by atoms with E-state index in [4.69, 9.17) is 0 Å². The molecule has 0 aromatic heterocycles. The summed E-state index contributed by atoms with van der Waals surface area (Å²) in [5.74, 6) is 0.165. The molecule has 2 heteroatoms. The van der Waals surface area contributed by atoms with Crippen LogP contribution in [0.15, 0.2) is 18.2 Å². The van der Waals surface area contributed by atoms with Crippen LogP contribution in [0.1, 0.15) is 35.3 Å². The Labute approximate surface area is 93.7 Å². The molecule has 0 spiro atoms. The topological polar surface area (TPSA) is 17.1 Å². The zero-order valence-corrected chi connectivity index (χ0v) is 10.4. The number of rotatable bonds is 3. The summed E-state index contributed by atoms with van der Waals surface area (Å²) in [5.41, 5.74) is 3.21. The first kappa shape index (κ1) is 11.4. The Morgan fingerprint density at radius 3 is 2.64 bits per heavy atom. The Morgan fingerprint density at radius 2 is 2.14 bits per heavy atom. The Bertz CT molecular complexity index is 342. The number of aryl methyl sites for hydroxylation is 1. The molecule has 0 N–H and O–H groups in total. The van der Waals surface area contributed by atoms with Gasteiger partial charge in [0.2, 0.25) is 0 Å². The maximum Gasteiger partial charge on any atom is 0.176 e. The van der Waals surface area contributed by atoms with Crippen LogP contribution in [-0.4, -0.2) is 10.6 Å². The Balaban J connectivity index is 3.16. The van der Waals surface area contributed by atoms with Gasteiger partial charge in [0, 0.05) is 5.56 Å². The van der Waals surface area contributed by atoms with Gasteiger partial charge in [-0.1, -0.05) is 41.1 Å². The maximum absolute atomic E-state index is 11.8. The molecule has 0 aliphatic heterocycles. The van der Waals surface area contributed by atoms with Crippen LogP contribution in [0, 0.1) is 6.92 Å². The number of hydrogen-bond acceptors (Lipinski definition) is 1. The SMILES string of the molecule is CCc1cccc(C(=O)C(C)Br)c1C. The highest BCUT2D eigenvalue weighted by Gasteiger charge is 2.14. The molecule has 0 amide bonds. The summed E-state index contributed by atoms with van der Waals surface area (Å²) in [6, 6.07) is 5.92. The largest absolute Gasteiger partial charge is 0.293 e. The van der Waals surface area contributed by atoms with Gasteiger partial charge in [-0.3, -0.25) is 4.79 Å². The molecular weight excluding hydrogens is 240 g/mol. The van der Waals surface area contributed by atoms with Gasteiger partial charge in [0.25, 0.3) is 0 Å². The smallest absolute Gasteiger partial charge is 0.176 e. The third-order valence-electron chi connectivity index (χ3n) is 2.45. The molecule has 1 aromatic rings. The minimum atomic E-state index is -0.103. The molecule has 0 fully saturated rings. The van der Waals surface area contributed by atoms with Crippen LogP contribution >= 0.6 is 15.9 Å². The lowest BCUT2D eigenvalue weighted by Gasteiger charge is -2.10. The molecule has 0 saturated carbocycles. The monoisotopic (exact) mass is 254 g/mol. The molecule has 0 bridgehead atoms. The first-order valence-electron chi connectivity index (χ1n) is 4.84. The van der Waals surface area contributed by atoms with Crippen molar-refractivity contribution in [2.24, 2.45) is 0 Å². The Kier molecular flexibility index (Phi) is 3.87. The van der Waals surface area contributed by atoms with Crippen LogP contribution in [0.4, 0.5) is 0 Å². The lowest BCUT2D eigenvalue weighted by molar-refractivity contribution is 0.0995. The van der Waals surface area contributed by atoms with Gasteiger partial charge < -0.3 is 0 Å². The van der Waals surface area contributed by atoms with Crippen molar-refractivity contribution >= 4 is 21.7 Å². The summed E-state index contributed by atoms with van der Waals surface area (Å²) >= 11 is 3.31. The van der Waals surface area contributed by atoms with Crippen molar-refractivity contribution in [3.05, 3.63) is 34.9 Å². The summed E-state index contributed by atoms with van der Waals surface area (Å²) < 4.78 is 0. The molecule has 1 atom stereocenters. The normalized spacial score (nSPS) is 12.6. The molecule has 1 unspecified atom stereocenters. The van der Waals surface area contributed by atoms with E-state index >= 15 is 0 Å². The van der Waals surface area contributed by atoms with Gasteiger partial charge in [-0.2, -0.15) is 0 Å². The average molecular weight is 255 g/mol. The second kappa shape index (κ2) is 4.74. The fourth-order valence-corrected chi connectivity index (χ4v) is 1.79. The van der Waals surface area contributed by atoms with Crippen molar-refractivity contribution in [3.8, 4) is 0 Å². The van der Waals surface area contributed by atoms with Crippen LogP contribution in [0.5, 0.6) is 0 Å². The molecule has 0 radical (unpaired) electrons. The van der Waals surface area contributed by atoms with Gasteiger partial charge in [-0.25, -0.2) is 0 Å². The Morgan fingerprint density at radius 1 is 1.50 bits per heavy atom. The quantitative estimate of drug-likeness (QED) is 0.596. The van der Waals surface area contributed by atoms with Crippen LogP contribution in [0.2, 0.25) is 0 Å². The first-order valence-corrected chi connectivity index (χ1v) is 5.76. The summed E-state index contributed by atoms with van der Waals surface area (Å²) in [6.45, 7) is 5.98. The van der Waals surface area contributed by atoms with E-state index in [0.29, 0.717) is 0 Å². The lowest BCUT2D eigenvalue weighted by Crippen LogP contribution is -2.12. The fourth-order valence-electron chi connectivity index (χ4n) is 1.55. The molecule has 14 heavy (non-hydrogen) atoms. The highest BCUT2D eigenvalue weighted by atomic mass is 79.9. The van der Waals surface area contributed by atoms with Crippen LogP contribution in [0.3, 0.4) is 0 Å². The standard InChI is InChI=1S/C12H15BrO/c1-4-10-6-5-7-11(8(10)2)12(14)9(3)13/h5-7,9H,4H2,1-3H3. The predicted octanol–water partition coefficient (Wildman–Crippen LogP) is 3.52. The van der Waals surface area contributed by atoms with E-state index < -0.39 is 0 Å². The molecule has 0 aliphatic rings. The number of halogens is 1. The zero-order chi connectivity index (χ0) is 10.7. The van der Waals surface area contributed by atoms with E-state index in [2.05, 4.69) is 28.9 Å². The molecule has 0 saturated heterocycles. The average Bonchev–Trinajstić information content (AvgIpc) is 2.17. The van der Waals surface area contributed by atoms with Crippen molar-refractivity contribution in [2.45, 2.75) is 32.0 Å². The molecule has 1 aromatic carbocycles. The van der Waals surface area contributed by atoms with Crippen molar-refractivity contribution in [1.82, 2.24) is 0 Å². The number of Topliss-reactive ketones (excluding diaryl/α,β-unsaturated/α-hetero) is 1. The third kappa shape index (κ3) is 2.24. The maximum atomic E-state index is 11.8.